The average Bonchev–Trinajstić information content (AvgIpc) is 3.32. The third kappa shape index (κ3) is 3.85. The lowest BCUT2D eigenvalue weighted by Crippen LogP contribution is -2.32. The third-order valence-electron chi connectivity index (χ3n) is 5.54. The number of hydrogen-bond donors (Lipinski definition) is 1. The zero-order chi connectivity index (χ0) is 21.3. The molecule has 2 aromatic carbocycles. The first-order valence-electron chi connectivity index (χ1n) is 9.91. The number of allylic oxidation sites excluding steroid dienone is 1. The Bertz CT molecular complexity index is 1080. The number of carbonyl (C=O) groups is 1. The molecule has 1 heterocycles. The second-order valence-corrected chi connectivity index (χ2v) is 7.51. The maximum Gasteiger partial charge on any atom is 0.251 e. The largest absolute Gasteiger partial charge is 0.497 e. The molecule has 2 unspecified atom stereocenters. The molecule has 1 N–H and O–H groups in total. The number of methoxy groups -OCH3 is 1. The van der Waals surface area contributed by atoms with E-state index in [4.69, 9.17) is 4.74 Å². The van der Waals surface area contributed by atoms with Crippen molar-refractivity contribution in [2.45, 2.75) is 32.2 Å². The quantitative estimate of drug-likeness (QED) is 0.637. The first-order chi connectivity index (χ1) is 14.5. The van der Waals surface area contributed by atoms with Crippen LogP contribution in [0.25, 0.3) is 5.69 Å². The van der Waals surface area contributed by atoms with E-state index in [0.717, 1.165) is 34.8 Å². The van der Waals surface area contributed by atoms with Gasteiger partial charge in [-0.25, -0.2) is 9.07 Å². The smallest absolute Gasteiger partial charge is 0.251 e. The number of ether oxygens (including phenoxy) is 1. The molecule has 0 saturated heterocycles. The highest BCUT2D eigenvalue weighted by Gasteiger charge is 2.27. The number of halogens is 1. The molecule has 1 aliphatic rings. The summed E-state index contributed by atoms with van der Waals surface area (Å²) >= 11 is 0. The van der Waals surface area contributed by atoms with E-state index in [1.807, 2.05) is 24.6 Å². The number of benzene rings is 2. The van der Waals surface area contributed by atoms with Crippen molar-refractivity contribution in [2.75, 3.05) is 7.11 Å². The van der Waals surface area contributed by atoms with Crippen molar-refractivity contribution >= 4 is 5.91 Å². The van der Waals surface area contributed by atoms with Gasteiger partial charge in [0.15, 0.2) is 0 Å². The number of rotatable bonds is 5. The van der Waals surface area contributed by atoms with Crippen molar-refractivity contribution in [1.29, 1.82) is 0 Å². The summed E-state index contributed by atoms with van der Waals surface area (Å²) in [6, 6.07) is 13.3. The number of nitrogens with one attached hydrogen (secondary N) is 1. The Morgan fingerprint density at radius 2 is 1.80 bits per heavy atom. The maximum absolute atomic E-state index is 13.3. The van der Waals surface area contributed by atoms with Crippen LogP contribution in [0, 0.1) is 19.7 Å². The molecule has 0 saturated carbocycles. The summed E-state index contributed by atoms with van der Waals surface area (Å²) in [6.07, 6.45) is 4.95. The second-order valence-electron chi connectivity index (χ2n) is 7.51. The average molecular weight is 405 g/mol. The van der Waals surface area contributed by atoms with E-state index in [1.54, 1.807) is 43.5 Å². The van der Waals surface area contributed by atoms with Crippen LogP contribution >= 0.6 is 0 Å². The first-order valence-corrected chi connectivity index (χ1v) is 9.91. The summed E-state index contributed by atoms with van der Waals surface area (Å²) in [5, 5.41) is 7.75. The fourth-order valence-electron chi connectivity index (χ4n) is 4.04. The molecule has 0 fully saturated rings. The molecule has 0 bridgehead atoms. The molecule has 6 heteroatoms. The van der Waals surface area contributed by atoms with Crippen LogP contribution in [0.15, 0.2) is 60.7 Å². The van der Waals surface area contributed by atoms with Crippen molar-refractivity contribution in [1.82, 2.24) is 15.1 Å². The molecule has 0 aliphatic heterocycles. The van der Waals surface area contributed by atoms with Gasteiger partial charge in [0.05, 0.1) is 18.5 Å². The monoisotopic (exact) mass is 405 g/mol. The predicted octanol–water partition coefficient (Wildman–Crippen LogP) is 4.48. The summed E-state index contributed by atoms with van der Waals surface area (Å²) in [4.78, 5) is 12.6. The van der Waals surface area contributed by atoms with Crippen molar-refractivity contribution < 1.29 is 13.9 Å². The van der Waals surface area contributed by atoms with E-state index in [-0.39, 0.29) is 23.7 Å². The molecular weight excluding hydrogens is 381 g/mol. The van der Waals surface area contributed by atoms with Crippen LogP contribution in [0.4, 0.5) is 4.39 Å². The molecule has 0 spiro atoms. The third-order valence-corrected chi connectivity index (χ3v) is 5.54. The van der Waals surface area contributed by atoms with Crippen molar-refractivity contribution in [3.05, 3.63) is 89.0 Å². The molecule has 4 rings (SSSR count). The van der Waals surface area contributed by atoms with E-state index in [0.29, 0.717) is 5.56 Å². The van der Waals surface area contributed by atoms with Crippen molar-refractivity contribution in [3.63, 3.8) is 0 Å². The Hall–Kier alpha value is -3.41. The number of aromatic nitrogens is 2. The Morgan fingerprint density at radius 3 is 2.47 bits per heavy atom. The summed E-state index contributed by atoms with van der Waals surface area (Å²) in [5.41, 5.74) is 4.54. The van der Waals surface area contributed by atoms with Gasteiger partial charge in [0.1, 0.15) is 11.6 Å². The van der Waals surface area contributed by atoms with Gasteiger partial charge in [-0.05, 0) is 68.8 Å². The number of hydrogen-bond acceptors (Lipinski definition) is 3. The van der Waals surface area contributed by atoms with E-state index < -0.39 is 0 Å². The molecule has 5 nitrogen and oxygen atoms in total. The highest BCUT2D eigenvalue weighted by atomic mass is 19.1. The fraction of sp³-hybridized carbons (Fsp3) is 0.250. The standard InChI is InChI=1S/C24H24FN3O2/c1-15-23(16(2)28(27-15)21-10-7-19(25)8-11-21)18-4-9-20(14-18)26-24(29)17-5-12-22(30-3)13-6-17/h4-13,18,20H,14H2,1-3H3,(H,26,29). The molecule has 154 valence electrons. The lowest BCUT2D eigenvalue weighted by Gasteiger charge is -2.15. The number of nitrogens with zero attached hydrogens (tertiary/aromatic N) is 2. The number of amides is 1. The van der Waals surface area contributed by atoms with Crippen LogP contribution in [-0.2, 0) is 0 Å². The highest BCUT2D eigenvalue weighted by molar-refractivity contribution is 5.94. The molecule has 1 amide bonds. The van der Waals surface area contributed by atoms with Gasteiger partial charge in [0.2, 0.25) is 0 Å². The van der Waals surface area contributed by atoms with Crippen LogP contribution in [0.2, 0.25) is 0 Å². The van der Waals surface area contributed by atoms with E-state index in [2.05, 4.69) is 16.5 Å². The Morgan fingerprint density at radius 1 is 1.10 bits per heavy atom. The SMILES string of the molecule is COc1ccc(C(=O)NC2C=CC(c3c(C)nn(-c4ccc(F)cc4)c3C)C2)cc1. The van der Waals surface area contributed by atoms with Gasteiger partial charge in [-0.15, -0.1) is 0 Å². The van der Waals surface area contributed by atoms with Gasteiger partial charge in [-0.1, -0.05) is 12.2 Å². The van der Waals surface area contributed by atoms with Crippen molar-refractivity contribution in [3.8, 4) is 11.4 Å². The minimum atomic E-state index is -0.269. The second kappa shape index (κ2) is 8.14. The zero-order valence-corrected chi connectivity index (χ0v) is 17.2. The molecule has 0 radical (unpaired) electrons. The van der Waals surface area contributed by atoms with Gasteiger partial charge in [0, 0.05) is 28.8 Å². The van der Waals surface area contributed by atoms with Crippen LogP contribution < -0.4 is 10.1 Å². The number of aryl methyl sites for hydroxylation is 1. The summed E-state index contributed by atoms with van der Waals surface area (Å²) < 4.78 is 20.2. The lowest BCUT2D eigenvalue weighted by atomic mass is 9.96. The van der Waals surface area contributed by atoms with E-state index in [9.17, 15) is 9.18 Å². The van der Waals surface area contributed by atoms with Crippen molar-refractivity contribution in [2.24, 2.45) is 0 Å². The Balaban J connectivity index is 1.47. The van der Waals surface area contributed by atoms with Crippen LogP contribution in [0.5, 0.6) is 5.75 Å². The lowest BCUT2D eigenvalue weighted by molar-refractivity contribution is 0.0944. The van der Waals surface area contributed by atoms with Gasteiger partial charge in [-0.2, -0.15) is 5.10 Å². The molecule has 1 aliphatic carbocycles. The van der Waals surface area contributed by atoms with Crippen LogP contribution in [0.3, 0.4) is 0 Å². The first kappa shape index (κ1) is 19.9. The van der Waals surface area contributed by atoms with Crippen LogP contribution in [0.1, 0.15) is 39.6 Å². The molecular formula is C24H24FN3O2. The minimum Gasteiger partial charge on any atom is -0.497 e. The normalized spacial score (nSPS) is 17.9. The summed E-state index contributed by atoms with van der Waals surface area (Å²) in [5.74, 6) is 0.509. The molecule has 2 atom stereocenters. The predicted molar refractivity (Wildman–Crippen MR) is 114 cm³/mol. The molecule has 1 aromatic heterocycles. The van der Waals surface area contributed by atoms with Gasteiger partial charge in [0.25, 0.3) is 5.91 Å². The van der Waals surface area contributed by atoms with Gasteiger partial charge < -0.3 is 10.1 Å². The molecule has 3 aromatic rings. The maximum atomic E-state index is 13.3. The molecule has 30 heavy (non-hydrogen) atoms. The van der Waals surface area contributed by atoms with Crippen LogP contribution in [-0.4, -0.2) is 28.8 Å². The van der Waals surface area contributed by atoms with Gasteiger partial charge in [-0.3, -0.25) is 4.79 Å². The summed E-state index contributed by atoms with van der Waals surface area (Å²) in [7, 11) is 1.60. The highest BCUT2D eigenvalue weighted by Crippen LogP contribution is 2.34. The van der Waals surface area contributed by atoms with Gasteiger partial charge >= 0.3 is 0 Å². The topological polar surface area (TPSA) is 56.1 Å². The number of carbonyl (C=O) groups excluding carboxylic acids is 1. The van der Waals surface area contributed by atoms with E-state index in [1.165, 1.54) is 12.1 Å². The van der Waals surface area contributed by atoms with E-state index >= 15 is 0 Å². The zero-order valence-electron chi connectivity index (χ0n) is 17.2. The Kier molecular flexibility index (Phi) is 5.40. The minimum absolute atomic E-state index is 0.0439. The fourth-order valence-corrected chi connectivity index (χ4v) is 4.04. The Labute approximate surface area is 175 Å². The summed E-state index contributed by atoms with van der Waals surface area (Å²) in [6.45, 7) is 4.01.